The molecule has 0 spiro atoms. The Bertz CT molecular complexity index is 4980. The number of fused-ring (bicyclic) bond motifs is 9. The van der Waals surface area contributed by atoms with Crippen LogP contribution in [0.25, 0.3) is 112 Å². The fourth-order valence-electron chi connectivity index (χ4n) is 14.4. The first kappa shape index (κ1) is 50.7. The van der Waals surface area contributed by atoms with Crippen LogP contribution in [-0.2, 0) is 6.42 Å². The van der Waals surface area contributed by atoms with E-state index in [1.165, 1.54) is 71.9 Å². The van der Waals surface area contributed by atoms with Gasteiger partial charge in [-0.15, -0.1) is 0 Å². The van der Waals surface area contributed by atoms with Gasteiger partial charge in [0, 0.05) is 92.1 Å². The third kappa shape index (κ3) is 8.71. The van der Waals surface area contributed by atoms with Gasteiger partial charge >= 0.3 is 0 Å². The van der Waals surface area contributed by atoms with E-state index in [2.05, 4.69) is 234 Å². The molecule has 7 heterocycles. The Balaban J connectivity index is 0.799. The molecule has 3 unspecified atom stereocenters. The van der Waals surface area contributed by atoms with Gasteiger partial charge in [0.2, 0.25) is 0 Å². The van der Waals surface area contributed by atoms with Crippen molar-refractivity contribution in [1.82, 2.24) is 29.1 Å². The number of aromatic nitrogens is 6. The highest BCUT2D eigenvalue weighted by molar-refractivity contribution is 6.13. The molecule has 87 heavy (non-hydrogen) atoms. The van der Waals surface area contributed by atoms with E-state index in [1.54, 1.807) is 0 Å². The molecule has 12 aromatic rings. The molecule has 6 aromatic carbocycles. The summed E-state index contributed by atoms with van der Waals surface area (Å²) in [6.07, 6.45) is 33.5. The first-order valence-corrected chi connectivity index (χ1v) is 30.5. The smallest absolute Gasteiger partial charge is 0.128 e. The highest BCUT2D eigenvalue weighted by Crippen LogP contribution is 2.49. The molecule has 3 atom stereocenters. The molecule has 0 fully saturated rings. The van der Waals surface area contributed by atoms with E-state index in [1.807, 2.05) is 49.1 Å². The van der Waals surface area contributed by atoms with Crippen molar-refractivity contribution in [2.75, 3.05) is 0 Å². The van der Waals surface area contributed by atoms with Crippen LogP contribution in [0.4, 0.5) is 0 Å². The minimum atomic E-state index is -0.146. The van der Waals surface area contributed by atoms with Crippen LogP contribution in [0.3, 0.4) is 0 Å². The first-order chi connectivity index (χ1) is 43.1. The lowest BCUT2D eigenvalue weighted by Gasteiger charge is -2.26. The molecule has 0 bridgehead atoms. The Kier molecular flexibility index (Phi) is 12.3. The summed E-state index contributed by atoms with van der Waals surface area (Å²) in [7, 11) is 0. The van der Waals surface area contributed by atoms with Crippen LogP contribution in [-0.4, -0.2) is 35.2 Å². The van der Waals surface area contributed by atoms with Crippen LogP contribution >= 0.6 is 0 Å². The molecule has 414 valence electrons. The summed E-state index contributed by atoms with van der Waals surface area (Å²) < 4.78 is 11.9. The first-order valence-electron chi connectivity index (χ1n) is 30.5. The third-order valence-corrected chi connectivity index (χ3v) is 18.4. The summed E-state index contributed by atoms with van der Waals surface area (Å²) >= 11 is 0. The van der Waals surface area contributed by atoms with E-state index in [-0.39, 0.29) is 17.9 Å². The second-order valence-corrected chi connectivity index (χ2v) is 23.3. The summed E-state index contributed by atoms with van der Waals surface area (Å²) in [5, 5.41) is 3.66. The SMILES string of the molecule is C1=CC(c2ccccn2)=C(c2ccc3c(c2)c2cc(-c4ccccc4-c4ccccn4)ccc2n3C2=CC3c4cc(-n5c6c(c7cc(-c8ccccc8-c8ccccn8)ccc75)CC(C5=CCCC=C5c5ccccn5)C=C6)ccc4OC3C=C2)CC1. The van der Waals surface area contributed by atoms with Gasteiger partial charge in [0.15, 0.2) is 0 Å². The number of nitrogens with zero attached hydrogens (tertiary/aromatic N) is 6. The molecular formula is C80H58N6O. The Labute approximate surface area is 505 Å². The van der Waals surface area contributed by atoms with Crippen molar-refractivity contribution < 1.29 is 4.74 Å². The Morgan fingerprint density at radius 1 is 0.460 bits per heavy atom. The molecular weight excluding hydrogens is 1060 g/mol. The zero-order valence-corrected chi connectivity index (χ0v) is 47.8. The Morgan fingerprint density at radius 2 is 1.05 bits per heavy atom. The standard InChI is InChI=1S/C80H58N6O/c1-5-21-61(71-25-9-13-41-81-71)57(17-1)51-29-35-75-65(45-51)66-46-52(58-18-2-6-22-62(58)72-26-10-14-42-82-72)30-36-76(66)85(75)55-33-39-79-69(49-55)70-50-56(34-40-80(70)87-79)86-77-37-31-53(59-19-3-7-23-63(59)73-27-11-15-43-83-73)47-67(77)68-48-54(32-38-78(68)86)60-20-4-8-24-64(60)74-28-12-16-44-84-74/h1,3,5-7,9-17,19-47,49-50,54,69,79H,2,4,8,18,48H2. The molecule has 0 N–H and O–H groups in total. The van der Waals surface area contributed by atoms with E-state index in [0.29, 0.717) is 0 Å². The lowest BCUT2D eigenvalue weighted by atomic mass is 9.79. The van der Waals surface area contributed by atoms with Gasteiger partial charge in [-0.2, -0.15) is 0 Å². The van der Waals surface area contributed by atoms with E-state index in [4.69, 9.17) is 24.7 Å². The van der Waals surface area contributed by atoms with Gasteiger partial charge in [-0.1, -0.05) is 121 Å². The lowest BCUT2D eigenvalue weighted by molar-refractivity contribution is 0.269. The molecule has 0 amide bonds. The number of pyridine rings is 4. The maximum atomic E-state index is 6.90. The maximum absolute atomic E-state index is 6.90. The molecule has 0 saturated heterocycles. The van der Waals surface area contributed by atoms with Crippen molar-refractivity contribution >= 4 is 61.2 Å². The fourth-order valence-corrected chi connectivity index (χ4v) is 14.4. The van der Waals surface area contributed by atoms with Gasteiger partial charge in [0.1, 0.15) is 11.9 Å². The molecule has 4 aliphatic carbocycles. The molecule has 6 aromatic heterocycles. The van der Waals surface area contributed by atoms with Crippen molar-refractivity contribution in [3.05, 3.63) is 307 Å². The largest absolute Gasteiger partial charge is 0.485 e. The average molecular weight is 1120 g/mol. The zero-order valence-electron chi connectivity index (χ0n) is 47.8. The Morgan fingerprint density at radius 3 is 1.71 bits per heavy atom. The molecule has 0 saturated carbocycles. The van der Waals surface area contributed by atoms with Crippen LogP contribution in [0.2, 0.25) is 0 Å². The van der Waals surface area contributed by atoms with Crippen LogP contribution in [0.15, 0.2) is 273 Å². The Hall–Kier alpha value is -10.8. The van der Waals surface area contributed by atoms with Crippen LogP contribution in [0.5, 0.6) is 5.75 Å². The van der Waals surface area contributed by atoms with Gasteiger partial charge < -0.3 is 13.9 Å². The average Bonchev–Trinajstić information content (AvgIpc) is 1.67. The highest BCUT2D eigenvalue weighted by atomic mass is 16.5. The van der Waals surface area contributed by atoms with Crippen molar-refractivity contribution in [2.45, 2.75) is 44.1 Å². The summed E-state index contributed by atoms with van der Waals surface area (Å²) in [5.41, 5.74) is 26.6. The van der Waals surface area contributed by atoms with Gasteiger partial charge in [-0.05, 0) is 210 Å². The molecule has 0 radical (unpaired) electrons. The van der Waals surface area contributed by atoms with Gasteiger partial charge in [0.25, 0.3) is 0 Å². The summed E-state index contributed by atoms with van der Waals surface area (Å²) in [5.74, 6) is 1.08. The summed E-state index contributed by atoms with van der Waals surface area (Å²) in [6.45, 7) is 0. The van der Waals surface area contributed by atoms with Crippen LogP contribution < -0.4 is 4.74 Å². The normalized spacial score (nSPS) is 17.7. The van der Waals surface area contributed by atoms with Crippen molar-refractivity contribution in [1.29, 1.82) is 0 Å². The number of benzene rings is 6. The molecule has 1 aliphatic heterocycles. The quantitative estimate of drug-likeness (QED) is 0.136. The second-order valence-electron chi connectivity index (χ2n) is 23.3. The van der Waals surface area contributed by atoms with E-state index in [9.17, 15) is 0 Å². The topological polar surface area (TPSA) is 70.7 Å². The molecule has 7 heteroatoms. The van der Waals surface area contributed by atoms with Gasteiger partial charge in [-0.3, -0.25) is 19.9 Å². The van der Waals surface area contributed by atoms with Crippen LogP contribution in [0, 0.1) is 5.92 Å². The number of hydrogen-bond acceptors (Lipinski definition) is 5. The zero-order chi connectivity index (χ0) is 57.4. The van der Waals surface area contributed by atoms with Crippen LogP contribution in [0.1, 0.15) is 65.4 Å². The number of allylic oxidation sites excluding steroid dienone is 11. The number of ether oxygens (including phenoxy) is 1. The fraction of sp³-hybridized carbons (Fsp3) is 0.100. The van der Waals surface area contributed by atoms with Gasteiger partial charge in [0.05, 0.1) is 39.3 Å². The third-order valence-electron chi connectivity index (χ3n) is 18.4. The maximum Gasteiger partial charge on any atom is 0.128 e. The predicted molar refractivity (Wildman–Crippen MR) is 356 cm³/mol. The number of rotatable bonds is 10. The van der Waals surface area contributed by atoms with E-state index >= 15 is 0 Å². The molecule has 17 rings (SSSR count). The predicted octanol–water partition coefficient (Wildman–Crippen LogP) is 19.2. The van der Waals surface area contributed by atoms with E-state index < -0.39 is 0 Å². The van der Waals surface area contributed by atoms with Gasteiger partial charge in [-0.25, -0.2) is 0 Å². The lowest BCUT2D eigenvalue weighted by Crippen LogP contribution is -2.18. The highest BCUT2D eigenvalue weighted by Gasteiger charge is 2.36. The minimum absolute atomic E-state index is 0.0290. The summed E-state index contributed by atoms with van der Waals surface area (Å²) in [4.78, 5) is 19.3. The molecule has 5 aliphatic rings. The van der Waals surface area contributed by atoms with Crippen molar-refractivity contribution in [2.24, 2.45) is 5.92 Å². The monoisotopic (exact) mass is 1120 g/mol. The minimum Gasteiger partial charge on any atom is -0.485 e. The van der Waals surface area contributed by atoms with Crippen molar-refractivity contribution in [3.63, 3.8) is 0 Å². The van der Waals surface area contributed by atoms with E-state index in [0.717, 1.165) is 111 Å². The molecule has 7 nitrogen and oxygen atoms in total. The summed E-state index contributed by atoms with van der Waals surface area (Å²) in [6, 6.07) is 70.1. The van der Waals surface area contributed by atoms with Crippen molar-refractivity contribution in [3.8, 4) is 56.2 Å². The second kappa shape index (κ2) is 21.1. The number of hydrogen-bond donors (Lipinski definition) is 0.